The molecule has 112 valence electrons. The second-order valence-electron chi connectivity index (χ2n) is 4.89. The Kier molecular flexibility index (Phi) is 3.84. The zero-order valence-electron chi connectivity index (χ0n) is 11.6. The monoisotopic (exact) mass is 298 g/mol. The quantitative estimate of drug-likeness (QED) is 0.931. The Morgan fingerprint density at radius 3 is 2.50 bits per heavy atom. The molecular weight excluding hydrogens is 284 g/mol. The van der Waals surface area contributed by atoms with Crippen LogP contribution in [0.3, 0.4) is 0 Å². The lowest BCUT2D eigenvalue weighted by Crippen LogP contribution is -2.52. The van der Waals surface area contributed by atoms with Crippen LogP contribution in [0.25, 0.3) is 0 Å². The van der Waals surface area contributed by atoms with Crippen LogP contribution in [0.1, 0.15) is 11.6 Å². The second-order valence-corrected chi connectivity index (χ2v) is 4.89. The maximum absolute atomic E-state index is 12.3. The van der Waals surface area contributed by atoms with Gasteiger partial charge in [0.25, 0.3) is 5.91 Å². The minimum absolute atomic E-state index is 0.257. The van der Waals surface area contributed by atoms with E-state index in [0.717, 1.165) is 0 Å². The van der Waals surface area contributed by atoms with Crippen molar-refractivity contribution >= 4 is 17.6 Å². The van der Waals surface area contributed by atoms with Crippen molar-refractivity contribution in [3.8, 4) is 0 Å². The van der Waals surface area contributed by atoms with Gasteiger partial charge < -0.3 is 9.84 Å². The highest BCUT2D eigenvalue weighted by atomic mass is 16.5. The largest absolute Gasteiger partial charge is 0.479 e. The number of hydrogen-bond donors (Lipinski definition) is 1. The Morgan fingerprint density at radius 2 is 1.86 bits per heavy atom. The number of carbonyl (C=O) groups excluding carboxylic acids is 1. The first-order valence-electron chi connectivity index (χ1n) is 6.80. The van der Waals surface area contributed by atoms with E-state index in [4.69, 9.17) is 4.74 Å². The maximum atomic E-state index is 12.3. The Balaban J connectivity index is 2.10. The van der Waals surface area contributed by atoms with Gasteiger partial charge >= 0.3 is 5.97 Å². The van der Waals surface area contributed by atoms with Gasteiger partial charge in [-0.25, -0.2) is 4.79 Å². The molecule has 0 aliphatic carbocycles. The topological polar surface area (TPSA) is 79.7 Å². The summed E-state index contributed by atoms with van der Waals surface area (Å²) in [6, 6.07) is 11.6. The van der Waals surface area contributed by atoms with Gasteiger partial charge in [0, 0.05) is 18.1 Å². The van der Waals surface area contributed by atoms with E-state index in [9.17, 15) is 14.7 Å². The summed E-state index contributed by atoms with van der Waals surface area (Å²) in [6.07, 6.45) is 2.01. The Labute approximate surface area is 127 Å². The van der Waals surface area contributed by atoms with Crippen LogP contribution in [0, 0.1) is 0 Å². The normalized spacial score (nSPS) is 21.6. The summed E-state index contributed by atoms with van der Waals surface area (Å²) in [6.45, 7) is -0.257. The van der Waals surface area contributed by atoms with Crippen LogP contribution < -0.4 is 4.90 Å². The van der Waals surface area contributed by atoms with Crippen molar-refractivity contribution in [2.24, 2.45) is 0 Å². The molecule has 22 heavy (non-hydrogen) atoms. The van der Waals surface area contributed by atoms with Gasteiger partial charge in [0.15, 0.2) is 6.10 Å². The maximum Gasteiger partial charge on any atom is 0.335 e. The molecule has 0 radical (unpaired) electrons. The van der Waals surface area contributed by atoms with Gasteiger partial charge in [0.05, 0.1) is 6.04 Å². The number of aliphatic carboxylic acids is 1. The summed E-state index contributed by atoms with van der Waals surface area (Å²) in [5.41, 5.74) is 1.31. The molecule has 1 aromatic heterocycles. The fraction of sp³-hybridized carbons (Fsp3) is 0.188. The first-order chi connectivity index (χ1) is 10.7. The molecule has 1 aliphatic heterocycles. The number of para-hydroxylation sites is 1. The molecule has 1 aliphatic rings. The number of ether oxygens (including phenoxy) is 1. The van der Waals surface area contributed by atoms with Crippen molar-refractivity contribution in [2.75, 3.05) is 11.5 Å². The number of carboxylic acid groups (broad SMARTS) is 1. The van der Waals surface area contributed by atoms with E-state index in [1.165, 1.54) is 4.90 Å². The predicted octanol–water partition coefficient (Wildman–Crippen LogP) is 1.64. The Morgan fingerprint density at radius 1 is 1.18 bits per heavy atom. The highest BCUT2D eigenvalue weighted by Gasteiger charge is 2.42. The molecule has 2 atom stereocenters. The third-order valence-corrected chi connectivity index (χ3v) is 3.55. The molecule has 2 unspecified atom stereocenters. The van der Waals surface area contributed by atoms with Crippen LogP contribution >= 0.6 is 0 Å². The van der Waals surface area contributed by atoms with Gasteiger partial charge in [-0.2, -0.15) is 0 Å². The van der Waals surface area contributed by atoms with Crippen molar-refractivity contribution in [1.82, 2.24) is 4.98 Å². The molecular formula is C16H14N2O4. The first kappa shape index (κ1) is 14.2. The molecule has 1 N–H and O–H groups in total. The summed E-state index contributed by atoms with van der Waals surface area (Å²) in [5.74, 6) is -1.37. The predicted molar refractivity (Wildman–Crippen MR) is 78.3 cm³/mol. The highest BCUT2D eigenvalue weighted by Crippen LogP contribution is 2.34. The highest BCUT2D eigenvalue weighted by molar-refractivity contribution is 5.97. The van der Waals surface area contributed by atoms with E-state index in [1.807, 2.05) is 6.07 Å². The number of nitrogens with zero attached hydrogens (tertiary/aromatic N) is 2. The average Bonchev–Trinajstić information content (AvgIpc) is 2.56. The fourth-order valence-electron chi connectivity index (χ4n) is 2.60. The standard InChI is InChI=1S/C16H14N2O4/c19-13-10-22-15(16(20)21)14(11-6-8-17-9-7-11)18(13)12-4-2-1-3-5-12/h1-9,14-15H,10H2,(H,20,21). The Hall–Kier alpha value is -2.73. The Bertz CT molecular complexity index is 675. The smallest absolute Gasteiger partial charge is 0.335 e. The van der Waals surface area contributed by atoms with E-state index >= 15 is 0 Å². The molecule has 0 bridgehead atoms. The lowest BCUT2D eigenvalue weighted by molar-refractivity contribution is -0.157. The number of hydrogen-bond acceptors (Lipinski definition) is 4. The van der Waals surface area contributed by atoms with Crippen molar-refractivity contribution in [3.05, 3.63) is 60.4 Å². The van der Waals surface area contributed by atoms with E-state index in [0.29, 0.717) is 11.3 Å². The number of morpholine rings is 1. The van der Waals surface area contributed by atoms with Gasteiger partial charge in [0.1, 0.15) is 6.61 Å². The van der Waals surface area contributed by atoms with Crippen molar-refractivity contribution in [2.45, 2.75) is 12.1 Å². The number of carboxylic acids is 1. The van der Waals surface area contributed by atoms with Crippen molar-refractivity contribution in [1.29, 1.82) is 0 Å². The van der Waals surface area contributed by atoms with Crippen molar-refractivity contribution in [3.63, 3.8) is 0 Å². The van der Waals surface area contributed by atoms with Gasteiger partial charge in [-0.15, -0.1) is 0 Å². The summed E-state index contributed by atoms with van der Waals surface area (Å²) in [5, 5.41) is 9.44. The van der Waals surface area contributed by atoms with E-state index in [2.05, 4.69) is 4.98 Å². The van der Waals surface area contributed by atoms with Gasteiger partial charge in [-0.3, -0.25) is 14.7 Å². The third-order valence-electron chi connectivity index (χ3n) is 3.55. The average molecular weight is 298 g/mol. The van der Waals surface area contributed by atoms with E-state index in [1.54, 1.807) is 48.8 Å². The molecule has 1 fully saturated rings. The van der Waals surface area contributed by atoms with E-state index in [-0.39, 0.29) is 12.5 Å². The van der Waals surface area contributed by atoms with Gasteiger partial charge in [-0.05, 0) is 29.8 Å². The molecule has 2 aromatic rings. The molecule has 1 aromatic carbocycles. The van der Waals surface area contributed by atoms with Crippen LogP contribution in [0.15, 0.2) is 54.9 Å². The molecule has 3 rings (SSSR count). The van der Waals surface area contributed by atoms with Crippen molar-refractivity contribution < 1.29 is 19.4 Å². The number of anilines is 1. The molecule has 1 amide bonds. The number of aromatic nitrogens is 1. The molecule has 6 heteroatoms. The summed E-state index contributed by atoms with van der Waals surface area (Å²) in [4.78, 5) is 29.3. The summed E-state index contributed by atoms with van der Waals surface area (Å²) < 4.78 is 5.26. The molecule has 6 nitrogen and oxygen atoms in total. The zero-order chi connectivity index (χ0) is 15.5. The lowest BCUT2D eigenvalue weighted by atomic mass is 9.98. The number of benzene rings is 1. The lowest BCUT2D eigenvalue weighted by Gasteiger charge is -2.39. The fourth-order valence-corrected chi connectivity index (χ4v) is 2.60. The van der Waals surface area contributed by atoms with Gasteiger partial charge in [-0.1, -0.05) is 18.2 Å². The third kappa shape index (κ3) is 2.56. The van der Waals surface area contributed by atoms with E-state index < -0.39 is 18.1 Å². The summed E-state index contributed by atoms with van der Waals surface area (Å²) >= 11 is 0. The van der Waals surface area contributed by atoms with Crippen LogP contribution in [0.5, 0.6) is 0 Å². The molecule has 1 saturated heterocycles. The number of rotatable bonds is 3. The minimum atomic E-state index is -1.12. The number of carbonyl (C=O) groups is 2. The summed E-state index contributed by atoms with van der Waals surface area (Å²) in [7, 11) is 0. The first-order valence-corrected chi connectivity index (χ1v) is 6.80. The zero-order valence-corrected chi connectivity index (χ0v) is 11.6. The number of amides is 1. The minimum Gasteiger partial charge on any atom is -0.479 e. The second kappa shape index (κ2) is 5.95. The molecule has 2 heterocycles. The number of pyridine rings is 1. The van der Waals surface area contributed by atoms with Crippen LogP contribution in [0.2, 0.25) is 0 Å². The van der Waals surface area contributed by atoms with Crippen LogP contribution in [-0.4, -0.2) is 34.7 Å². The SMILES string of the molecule is O=C(O)C1OCC(=O)N(c2ccccc2)C1c1ccncc1. The van der Waals surface area contributed by atoms with Crippen LogP contribution in [0.4, 0.5) is 5.69 Å². The molecule has 0 spiro atoms. The van der Waals surface area contributed by atoms with Gasteiger partial charge in [0.2, 0.25) is 0 Å². The molecule has 0 saturated carbocycles. The van der Waals surface area contributed by atoms with Crippen LogP contribution in [-0.2, 0) is 14.3 Å².